The van der Waals surface area contributed by atoms with Gasteiger partial charge in [0.1, 0.15) is 5.82 Å². The molecular formula is C11H20N4O. The third kappa shape index (κ3) is 2.05. The van der Waals surface area contributed by atoms with Gasteiger partial charge in [-0.2, -0.15) is 5.10 Å². The van der Waals surface area contributed by atoms with E-state index in [1.54, 1.807) is 0 Å². The SMILES string of the molecule is Cc1nn(C)c(N2CCOCC2)c1CCN. The van der Waals surface area contributed by atoms with Crippen LogP contribution in [0, 0.1) is 6.92 Å². The highest BCUT2D eigenvalue weighted by atomic mass is 16.5. The highest BCUT2D eigenvalue weighted by Crippen LogP contribution is 2.24. The Labute approximate surface area is 96.2 Å². The first kappa shape index (κ1) is 11.4. The molecule has 1 aromatic rings. The number of aromatic nitrogens is 2. The van der Waals surface area contributed by atoms with Gasteiger partial charge < -0.3 is 15.4 Å². The molecule has 0 saturated carbocycles. The van der Waals surface area contributed by atoms with Crippen molar-refractivity contribution < 1.29 is 4.74 Å². The third-order valence-electron chi connectivity index (χ3n) is 3.02. The van der Waals surface area contributed by atoms with Crippen LogP contribution < -0.4 is 10.6 Å². The molecule has 0 unspecified atom stereocenters. The van der Waals surface area contributed by atoms with E-state index in [9.17, 15) is 0 Å². The molecule has 0 spiro atoms. The zero-order valence-corrected chi connectivity index (χ0v) is 10.1. The van der Waals surface area contributed by atoms with Gasteiger partial charge in [0.25, 0.3) is 0 Å². The summed E-state index contributed by atoms with van der Waals surface area (Å²) in [6, 6.07) is 0. The lowest BCUT2D eigenvalue weighted by atomic mass is 10.1. The second-order valence-corrected chi connectivity index (χ2v) is 4.15. The van der Waals surface area contributed by atoms with Crippen LogP contribution in [0.4, 0.5) is 5.82 Å². The molecule has 0 bridgehead atoms. The molecule has 2 N–H and O–H groups in total. The fraction of sp³-hybridized carbons (Fsp3) is 0.727. The van der Waals surface area contributed by atoms with Crippen LogP contribution in [0.3, 0.4) is 0 Å². The summed E-state index contributed by atoms with van der Waals surface area (Å²) in [5, 5.41) is 4.48. The number of ether oxygens (including phenoxy) is 1. The molecule has 0 aliphatic carbocycles. The minimum absolute atomic E-state index is 0.671. The molecule has 0 amide bonds. The first-order valence-corrected chi connectivity index (χ1v) is 5.79. The van der Waals surface area contributed by atoms with Crippen LogP contribution in [0.25, 0.3) is 0 Å². The summed E-state index contributed by atoms with van der Waals surface area (Å²) in [4.78, 5) is 2.34. The molecule has 0 aromatic carbocycles. The van der Waals surface area contributed by atoms with E-state index in [0.717, 1.165) is 38.4 Å². The van der Waals surface area contributed by atoms with Gasteiger partial charge in [0.2, 0.25) is 0 Å². The predicted octanol–water partition coefficient (Wildman–Crippen LogP) is 0.0663. The number of hydrogen-bond acceptors (Lipinski definition) is 4. The van der Waals surface area contributed by atoms with Crippen molar-refractivity contribution in [1.82, 2.24) is 9.78 Å². The maximum Gasteiger partial charge on any atom is 0.130 e. The number of hydrogen-bond donors (Lipinski definition) is 1. The first-order valence-electron chi connectivity index (χ1n) is 5.79. The molecule has 2 rings (SSSR count). The highest BCUT2D eigenvalue weighted by Gasteiger charge is 2.20. The van der Waals surface area contributed by atoms with Crippen molar-refractivity contribution in [2.45, 2.75) is 13.3 Å². The second kappa shape index (κ2) is 4.84. The molecule has 0 radical (unpaired) electrons. The van der Waals surface area contributed by atoms with Crippen molar-refractivity contribution in [3.05, 3.63) is 11.3 Å². The Kier molecular flexibility index (Phi) is 3.46. The molecule has 0 atom stereocenters. The second-order valence-electron chi connectivity index (χ2n) is 4.15. The fourth-order valence-electron chi connectivity index (χ4n) is 2.30. The van der Waals surface area contributed by atoms with E-state index in [1.165, 1.54) is 11.4 Å². The maximum atomic E-state index is 5.66. The minimum atomic E-state index is 0.671. The molecular weight excluding hydrogens is 204 g/mol. The Balaban J connectivity index is 2.29. The summed E-state index contributed by atoms with van der Waals surface area (Å²) in [6.45, 7) is 6.20. The summed E-state index contributed by atoms with van der Waals surface area (Å²) >= 11 is 0. The van der Waals surface area contributed by atoms with Crippen molar-refractivity contribution in [3.8, 4) is 0 Å². The van der Waals surface area contributed by atoms with Gasteiger partial charge in [-0.25, -0.2) is 0 Å². The molecule has 90 valence electrons. The lowest BCUT2D eigenvalue weighted by molar-refractivity contribution is 0.122. The lowest BCUT2D eigenvalue weighted by Gasteiger charge is -2.29. The Morgan fingerprint density at radius 3 is 2.69 bits per heavy atom. The lowest BCUT2D eigenvalue weighted by Crippen LogP contribution is -2.38. The summed E-state index contributed by atoms with van der Waals surface area (Å²) in [5.41, 5.74) is 8.03. The molecule has 1 aliphatic rings. The van der Waals surface area contributed by atoms with Crippen LogP contribution in [-0.4, -0.2) is 42.6 Å². The van der Waals surface area contributed by atoms with Gasteiger partial charge >= 0.3 is 0 Å². The predicted molar refractivity (Wildman–Crippen MR) is 63.7 cm³/mol. The topological polar surface area (TPSA) is 56.3 Å². The van der Waals surface area contributed by atoms with Crippen LogP contribution in [0.15, 0.2) is 0 Å². The van der Waals surface area contributed by atoms with Crippen LogP contribution in [0.2, 0.25) is 0 Å². The number of anilines is 1. The number of nitrogens with zero attached hydrogens (tertiary/aromatic N) is 3. The standard InChI is InChI=1S/C11H20N4O/c1-9-10(3-4-12)11(14(2)13-9)15-5-7-16-8-6-15/h3-8,12H2,1-2H3. The highest BCUT2D eigenvalue weighted by molar-refractivity contribution is 5.50. The van der Waals surface area contributed by atoms with Gasteiger partial charge in [-0.1, -0.05) is 0 Å². The third-order valence-corrected chi connectivity index (χ3v) is 3.02. The van der Waals surface area contributed by atoms with Crippen LogP contribution in [0.1, 0.15) is 11.3 Å². The first-order chi connectivity index (χ1) is 7.74. The Hall–Kier alpha value is -1.07. The zero-order valence-electron chi connectivity index (χ0n) is 10.1. The normalized spacial score (nSPS) is 16.8. The number of aryl methyl sites for hydroxylation is 2. The van der Waals surface area contributed by atoms with Gasteiger partial charge in [-0.05, 0) is 19.9 Å². The summed E-state index contributed by atoms with van der Waals surface area (Å²) in [7, 11) is 2.00. The largest absolute Gasteiger partial charge is 0.378 e. The number of nitrogens with two attached hydrogens (primary N) is 1. The van der Waals surface area contributed by atoms with Gasteiger partial charge in [0.15, 0.2) is 0 Å². The van der Waals surface area contributed by atoms with E-state index in [2.05, 4.69) is 16.9 Å². The van der Waals surface area contributed by atoms with E-state index >= 15 is 0 Å². The van der Waals surface area contributed by atoms with E-state index in [4.69, 9.17) is 10.5 Å². The average molecular weight is 224 g/mol. The molecule has 1 saturated heterocycles. The minimum Gasteiger partial charge on any atom is -0.378 e. The van der Waals surface area contributed by atoms with Gasteiger partial charge in [-0.15, -0.1) is 0 Å². The molecule has 5 nitrogen and oxygen atoms in total. The smallest absolute Gasteiger partial charge is 0.130 e. The molecule has 2 heterocycles. The Morgan fingerprint density at radius 1 is 1.38 bits per heavy atom. The van der Waals surface area contributed by atoms with Gasteiger partial charge in [0.05, 0.1) is 18.9 Å². The van der Waals surface area contributed by atoms with Gasteiger partial charge in [-0.3, -0.25) is 4.68 Å². The molecule has 5 heteroatoms. The van der Waals surface area contributed by atoms with Crippen molar-refractivity contribution in [2.24, 2.45) is 12.8 Å². The van der Waals surface area contributed by atoms with E-state index in [-0.39, 0.29) is 0 Å². The summed E-state index contributed by atoms with van der Waals surface area (Å²) in [6.07, 6.45) is 0.895. The van der Waals surface area contributed by atoms with Crippen molar-refractivity contribution in [2.75, 3.05) is 37.7 Å². The van der Waals surface area contributed by atoms with Crippen LogP contribution in [-0.2, 0) is 18.2 Å². The zero-order chi connectivity index (χ0) is 11.5. The van der Waals surface area contributed by atoms with Crippen LogP contribution in [0.5, 0.6) is 0 Å². The van der Waals surface area contributed by atoms with Crippen LogP contribution >= 0.6 is 0 Å². The molecule has 1 fully saturated rings. The van der Waals surface area contributed by atoms with Crippen molar-refractivity contribution in [1.29, 1.82) is 0 Å². The van der Waals surface area contributed by atoms with E-state index < -0.39 is 0 Å². The Morgan fingerprint density at radius 2 is 2.06 bits per heavy atom. The summed E-state index contributed by atoms with van der Waals surface area (Å²) in [5.74, 6) is 1.21. The van der Waals surface area contributed by atoms with E-state index in [1.807, 2.05) is 11.7 Å². The summed E-state index contributed by atoms with van der Waals surface area (Å²) < 4.78 is 7.34. The fourth-order valence-corrected chi connectivity index (χ4v) is 2.30. The quantitative estimate of drug-likeness (QED) is 0.789. The van der Waals surface area contributed by atoms with Crippen molar-refractivity contribution in [3.63, 3.8) is 0 Å². The Bertz CT molecular complexity index is 355. The van der Waals surface area contributed by atoms with Gasteiger partial charge in [0, 0.05) is 25.7 Å². The molecule has 1 aliphatic heterocycles. The average Bonchev–Trinajstić information content (AvgIpc) is 2.56. The monoisotopic (exact) mass is 224 g/mol. The molecule has 16 heavy (non-hydrogen) atoms. The maximum absolute atomic E-state index is 5.66. The molecule has 1 aromatic heterocycles. The number of rotatable bonds is 3. The number of morpholine rings is 1. The van der Waals surface area contributed by atoms with Crippen molar-refractivity contribution >= 4 is 5.82 Å². The van der Waals surface area contributed by atoms with E-state index in [0.29, 0.717) is 6.54 Å².